The summed E-state index contributed by atoms with van der Waals surface area (Å²) < 4.78 is 0. The van der Waals surface area contributed by atoms with Gasteiger partial charge in [-0.3, -0.25) is 9.59 Å². The van der Waals surface area contributed by atoms with E-state index < -0.39 is 6.04 Å². The van der Waals surface area contributed by atoms with Crippen LogP contribution in [0.1, 0.15) is 67.7 Å². The molecule has 3 rings (SSSR count). The molecule has 0 saturated heterocycles. The third-order valence-corrected chi connectivity index (χ3v) is 7.38. The highest BCUT2D eigenvalue weighted by Gasteiger charge is 2.30. The van der Waals surface area contributed by atoms with Crippen molar-refractivity contribution in [3.63, 3.8) is 0 Å². The van der Waals surface area contributed by atoms with Crippen LogP contribution in [0.4, 0.5) is 0 Å². The Bertz CT molecular complexity index is 906. The summed E-state index contributed by atoms with van der Waals surface area (Å²) in [5.74, 6) is 1.18. The minimum atomic E-state index is -0.445. The number of nitrogens with one attached hydrogen (secondary N) is 1. The van der Waals surface area contributed by atoms with E-state index in [1.54, 1.807) is 16.7 Å². The highest BCUT2D eigenvalue weighted by Crippen LogP contribution is 2.20. The first-order valence-corrected chi connectivity index (χ1v) is 13.4. The molecule has 0 bridgehead atoms. The number of hydrogen-bond acceptors (Lipinski definition) is 3. The molecule has 5 heteroatoms. The molecule has 1 N–H and O–H groups in total. The van der Waals surface area contributed by atoms with E-state index in [2.05, 4.69) is 55.6 Å². The van der Waals surface area contributed by atoms with E-state index in [-0.39, 0.29) is 17.9 Å². The van der Waals surface area contributed by atoms with Gasteiger partial charge in [0.25, 0.3) is 0 Å². The van der Waals surface area contributed by atoms with Crippen molar-refractivity contribution in [2.75, 3.05) is 5.75 Å². The summed E-state index contributed by atoms with van der Waals surface area (Å²) in [6.07, 6.45) is 6.28. The summed E-state index contributed by atoms with van der Waals surface area (Å²) in [6, 6.07) is 16.4. The zero-order valence-corrected chi connectivity index (χ0v) is 21.1. The standard InChI is InChI=1S/C28H38N2O2S/c1-4-26(28(32)29-25-11-6-5-7-12-25)30(18-24-10-8-9-22(3)17-24)27(31)20-33-19-23-15-13-21(2)14-16-23/h8-10,13-17,25-26H,4-7,11-12,18-20H2,1-3H3,(H,29,32)/t26-/m0/s1. The summed E-state index contributed by atoms with van der Waals surface area (Å²) in [5, 5.41) is 3.25. The maximum Gasteiger partial charge on any atom is 0.243 e. The van der Waals surface area contributed by atoms with Gasteiger partial charge in [0, 0.05) is 18.3 Å². The second-order valence-corrected chi connectivity index (χ2v) is 10.2. The lowest BCUT2D eigenvalue weighted by molar-refractivity contribution is -0.139. The normalized spacial score (nSPS) is 15.1. The van der Waals surface area contributed by atoms with E-state index in [9.17, 15) is 9.59 Å². The zero-order chi connectivity index (χ0) is 23.6. The fourth-order valence-electron chi connectivity index (χ4n) is 4.49. The first-order chi connectivity index (χ1) is 16.0. The second-order valence-electron chi connectivity index (χ2n) is 9.26. The lowest BCUT2D eigenvalue weighted by atomic mass is 9.95. The number of amides is 2. The zero-order valence-electron chi connectivity index (χ0n) is 20.3. The molecule has 0 radical (unpaired) electrons. The Labute approximate surface area is 203 Å². The van der Waals surface area contributed by atoms with E-state index >= 15 is 0 Å². The number of aryl methyl sites for hydroxylation is 2. The van der Waals surface area contributed by atoms with E-state index in [0.29, 0.717) is 18.7 Å². The largest absolute Gasteiger partial charge is 0.352 e. The molecule has 1 aliphatic carbocycles. The molecule has 1 fully saturated rings. The van der Waals surface area contributed by atoms with E-state index in [1.165, 1.54) is 30.4 Å². The van der Waals surface area contributed by atoms with Gasteiger partial charge in [-0.25, -0.2) is 0 Å². The SMILES string of the molecule is CC[C@@H](C(=O)NC1CCCCC1)N(Cc1cccc(C)c1)C(=O)CSCc1ccc(C)cc1. The molecule has 0 spiro atoms. The van der Waals surface area contributed by atoms with Crippen molar-refractivity contribution in [2.45, 2.75) is 83.7 Å². The van der Waals surface area contributed by atoms with Crippen LogP contribution in [0.15, 0.2) is 48.5 Å². The first-order valence-electron chi connectivity index (χ1n) is 12.2. The highest BCUT2D eigenvalue weighted by molar-refractivity contribution is 7.99. The molecule has 2 aromatic rings. The molecule has 1 atom stereocenters. The predicted octanol–water partition coefficient (Wildman–Crippen LogP) is 5.79. The van der Waals surface area contributed by atoms with Crippen LogP contribution in [-0.2, 0) is 21.9 Å². The van der Waals surface area contributed by atoms with Crippen LogP contribution in [-0.4, -0.2) is 34.6 Å². The molecule has 1 aliphatic rings. The summed E-state index contributed by atoms with van der Waals surface area (Å²) in [5.41, 5.74) is 4.67. The number of carbonyl (C=O) groups is 2. The maximum absolute atomic E-state index is 13.4. The average molecular weight is 467 g/mol. The van der Waals surface area contributed by atoms with Gasteiger partial charge in [0.1, 0.15) is 6.04 Å². The third kappa shape index (κ3) is 7.92. The molecular weight excluding hydrogens is 428 g/mol. The molecule has 1 saturated carbocycles. The van der Waals surface area contributed by atoms with Crippen molar-refractivity contribution < 1.29 is 9.59 Å². The van der Waals surface area contributed by atoms with E-state index in [4.69, 9.17) is 0 Å². The Morgan fingerprint density at radius 2 is 1.73 bits per heavy atom. The van der Waals surface area contributed by atoms with Gasteiger partial charge >= 0.3 is 0 Å². The topological polar surface area (TPSA) is 49.4 Å². The van der Waals surface area contributed by atoms with Crippen molar-refractivity contribution in [1.82, 2.24) is 10.2 Å². The number of thioether (sulfide) groups is 1. The van der Waals surface area contributed by atoms with Crippen molar-refractivity contribution in [3.05, 3.63) is 70.8 Å². The van der Waals surface area contributed by atoms with Crippen LogP contribution in [0.3, 0.4) is 0 Å². The van der Waals surface area contributed by atoms with Crippen LogP contribution >= 0.6 is 11.8 Å². The van der Waals surface area contributed by atoms with Gasteiger partial charge in [-0.1, -0.05) is 85.8 Å². The first kappa shape index (κ1) is 25.4. The molecule has 0 heterocycles. The van der Waals surface area contributed by atoms with Crippen LogP contribution in [0.2, 0.25) is 0 Å². The molecule has 0 aromatic heterocycles. The van der Waals surface area contributed by atoms with E-state index in [1.807, 2.05) is 19.1 Å². The quantitative estimate of drug-likeness (QED) is 0.482. The number of rotatable bonds is 10. The van der Waals surface area contributed by atoms with Crippen molar-refractivity contribution in [1.29, 1.82) is 0 Å². The van der Waals surface area contributed by atoms with Gasteiger partial charge in [0.15, 0.2) is 0 Å². The Morgan fingerprint density at radius 3 is 2.39 bits per heavy atom. The molecular formula is C28H38N2O2S. The highest BCUT2D eigenvalue weighted by atomic mass is 32.2. The minimum Gasteiger partial charge on any atom is -0.352 e. The number of hydrogen-bond donors (Lipinski definition) is 1. The van der Waals surface area contributed by atoms with Crippen LogP contribution in [0, 0.1) is 13.8 Å². The molecule has 0 aliphatic heterocycles. The smallest absolute Gasteiger partial charge is 0.243 e. The molecule has 2 aromatic carbocycles. The second kappa shape index (κ2) is 12.8. The summed E-state index contributed by atoms with van der Waals surface area (Å²) in [7, 11) is 0. The maximum atomic E-state index is 13.4. The van der Waals surface area contributed by atoms with Gasteiger partial charge in [0.2, 0.25) is 11.8 Å². The van der Waals surface area contributed by atoms with Crippen LogP contribution < -0.4 is 5.32 Å². The fraction of sp³-hybridized carbons (Fsp3) is 0.500. The Morgan fingerprint density at radius 1 is 1.00 bits per heavy atom. The van der Waals surface area contributed by atoms with Crippen molar-refractivity contribution in [3.8, 4) is 0 Å². The van der Waals surface area contributed by atoms with Crippen LogP contribution in [0.25, 0.3) is 0 Å². The lowest BCUT2D eigenvalue weighted by Gasteiger charge is -2.33. The fourth-order valence-corrected chi connectivity index (χ4v) is 5.37. The summed E-state index contributed by atoms with van der Waals surface area (Å²) >= 11 is 1.61. The Kier molecular flexibility index (Phi) is 9.86. The number of carbonyl (C=O) groups excluding carboxylic acids is 2. The molecule has 2 amide bonds. The van der Waals surface area contributed by atoms with Crippen LogP contribution in [0.5, 0.6) is 0 Å². The predicted molar refractivity (Wildman–Crippen MR) is 138 cm³/mol. The molecule has 33 heavy (non-hydrogen) atoms. The Hall–Kier alpha value is -2.27. The molecule has 4 nitrogen and oxygen atoms in total. The molecule has 178 valence electrons. The molecule has 0 unspecified atom stereocenters. The summed E-state index contributed by atoms with van der Waals surface area (Å²) in [4.78, 5) is 28.5. The van der Waals surface area contributed by atoms with Gasteiger partial charge < -0.3 is 10.2 Å². The lowest BCUT2D eigenvalue weighted by Crippen LogP contribution is -2.52. The van der Waals surface area contributed by atoms with Crippen molar-refractivity contribution in [2.24, 2.45) is 0 Å². The van der Waals surface area contributed by atoms with Gasteiger partial charge in [0.05, 0.1) is 5.75 Å². The monoisotopic (exact) mass is 466 g/mol. The van der Waals surface area contributed by atoms with Gasteiger partial charge in [-0.2, -0.15) is 0 Å². The third-order valence-electron chi connectivity index (χ3n) is 6.39. The van der Waals surface area contributed by atoms with Gasteiger partial charge in [-0.15, -0.1) is 11.8 Å². The summed E-state index contributed by atoms with van der Waals surface area (Å²) in [6.45, 7) is 6.59. The minimum absolute atomic E-state index is 0.00561. The van der Waals surface area contributed by atoms with Gasteiger partial charge in [-0.05, 0) is 44.2 Å². The number of benzene rings is 2. The van der Waals surface area contributed by atoms with E-state index in [0.717, 1.165) is 29.7 Å². The average Bonchev–Trinajstić information content (AvgIpc) is 2.81. The Balaban J connectivity index is 1.69. The number of nitrogens with zero attached hydrogens (tertiary/aromatic N) is 1. The van der Waals surface area contributed by atoms with Crippen molar-refractivity contribution >= 4 is 23.6 Å².